The number of hydrogen-bond acceptors (Lipinski definition) is 6. The van der Waals surface area contributed by atoms with E-state index in [-0.39, 0.29) is 17.9 Å². The molecule has 0 unspecified atom stereocenters. The van der Waals surface area contributed by atoms with E-state index >= 15 is 0 Å². The number of amides is 2. The molecule has 0 spiro atoms. The summed E-state index contributed by atoms with van der Waals surface area (Å²) in [5.74, 6) is -0.266. The highest BCUT2D eigenvalue weighted by Crippen LogP contribution is 2.37. The van der Waals surface area contributed by atoms with E-state index in [1.807, 2.05) is 64.1 Å². The monoisotopic (exact) mass is 608 g/mol. The number of ether oxygens (including phenoxy) is 3. The van der Waals surface area contributed by atoms with Crippen molar-refractivity contribution in [2.24, 2.45) is 5.92 Å². The van der Waals surface area contributed by atoms with Crippen molar-refractivity contribution in [3.63, 3.8) is 0 Å². The minimum absolute atomic E-state index is 0.0369. The van der Waals surface area contributed by atoms with E-state index in [0.717, 1.165) is 21.9 Å². The van der Waals surface area contributed by atoms with Crippen molar-refractivity contribution in [1.82, 2.24) is 9.80 Å². The number of likely N-dealkylation sites (tertiary alicyclic amines) is 1. The Bertz CT molecular complexity index is 1640. The summed E-state index contributed by atoms with van der Waals surface area (Å²) in [7, 11) is 1.32. The maximum atomic E-state index is 13.9. The van der Waals surface area contributed by atoms with Gasteiger partial charge in [-0.3, -0.25) is 0 Å². The van der Waals surface area contributed by atoms with Crippen molar-refractivity contribution in [2.75, 3.05) is 26.7 Å². The summed E-state index contributed by atoms with van der Waals surface area (Å²) >= 11 is 0. The zero-order valence-electron chi connectivity index (χ0n) is 26.4. The molecule has 234 valence electrons. The van der Waals surface area contributed by atoms with Crippen molar-refractivity contribution in [3.8, 4) is 5.75 Å². The highest BCUT2D eigenvalue weighted by molar-refractivity contribution is 5.89. The molecular formula is C37H40N2O6. The number of fused-ring (bicyclic) bond motifs is 1. The number of benzene rings is 4. The molecule has 1 heterocycles. The number of methoxy groups -OCH3 is 1. The second-order valence-corrected chi connectivity index (χ2v) is 12.4. The van der Waals surface area contributed by atoms with Gasteiger partial charge >= 0.3 is 18.2 Å². The maximum absolute atomic E-state index is 13.9. The predicted molar refractivity (Wildman–Crippen MR) is 173 cm³/mol. The van der Waals surface area contributed by atoms with E-state index in [0.29, 0.717) is 30.9 Å². The molecule has 4 aromatic carbocycles. The lowest BCUT2D eigenvalue weighted by Crippen LogP contribution is -2.42. The normalized spacial score (nSPS) is 17.0. The van der Waals surface area contributed by atoms with Crippen LogP contribution in [0.15, 0.2) is 97.1 Å². The third-order valence-electron chi connectivity index (χ3n) is 8.21. The molecule has 0 aliphatic carbocycles. The first-order chi connectivity index (χ1) is 21.5. The molecule has 0 saturated carbocycles. The summed E-state index contributed by atoms with van der Waals surface area (Å²) in [4.78, 5) is 42.6. The Labute approximate surface area is 264 Å². The highest BCUT2D eigenvalue weighted by atomic mass is 16.6. The van der Waals surface area contributed by atoms with Crippen LogP contribution in [0.4, 0.5) is 9.59 Å². The van der Waals surface area contributed by atoms with Crippen LogP contribution in [0, 0.1) is 5.92 Å². The van der Waals surface area contributed by atoms with E-state index in [1.165, 1.54) is 7.11 Å². The number of esters is 1. The number of carbonyl (C=O) groups excluding carboxylic acids is 3. The standard InChI is InChI=1S/C37H40N2O6/c1-25(31-17-11-15-26-14-9-10-16-32(26)31)39(36(42)45-37(2,3)4)23-29-22-38(24-33(29)27-12-7-6-8-13-27)35(41)44-30-20-18-28(19-21-30)34(40)43-5/h6-21,25,29,33H,22-24H2,1-5H3/t25-,29-,33-/m1/s1. The summed E-state index contributed by atoms with van der Waals surface area (Å²) < 4.78 is 16.4. The fourth-order valence-electron chi connectivity index (χ4n) is 5.97. The Kier molecular flexibility index (Phi) is 9.42. The zero-order valence-corrected chi connectivity index (χ0v) is 26.4. The summed E-state index contributed by atoms with van der Waals surface area (Å²) in [6.07, 6.45) is -0.892. The molecule has 1 fully saturated rings. The first-order valence-electron chi connectivity index (χ1n) is 15.2. The Morgan fingerprint density at radius 1 is 0.867 bits per heavy atom. The molecule has 1 saturated heterocycles. The first-order valence-corrected chi connectivity index (χ1v) is 15.2. The van der Waals surface area contributed by atoms with Gasteiger partial charge in [0.25, 0.3) is 0 Å². The van der Waals surface area contributed by atoms with Crippen molar-refractivity contribution >= 4 is 28.9 Å². The topological polar surface area (TPSA) is 85.4 Å². The minimum Gasteiger partial charge on any atom is -0.465 e. The third-order valence-corrected chi connectivity index (χ3v) is 8.21. The van der Waals surface area contributed by atoms with Crippen molar-refractivity contribution in [2.45, 2.75) is 45.3 Å². The van der Waals surface area contributed by atoms with Crippen LogP contribution >= 0.6 is 0 Å². The van der Waals surface area contributed by atoms with Crippen molar-refractivity contribution in [3.05, 3.63) is 114 Å². The van der Waals surface area contributed by atoms with E-state index in [9.17, 15) is 14.4 Å². The lowest BCUT2D eigenvalue weighted by Gasteiger charge is -2.35. The molecule has 1 aliphatic rings. The fourth-order valence-corrected chi connectivity index (χ4v) is 5.97. The molecule has 0 aromatic heterocycles. The van der Waals surface area contributed by atoms with Crippen LogP contribution in [0.1, 0.15) is 61.1 Å². The van der Waals surface area contributed by atoms with E-state index in [2.05, 4.69) is 36.4 Å². The van der Waals surface area contributed by atoms with E-state index in [1.54, 1.807) is 34.1 Å². The Balaban J connectivity index is 1.43. The van der Waals surface area contributed by atoms with Crippen molar-refractivity contribution in [1.29, 1.82) is 0 Å². The molecule has 4 aromatic rings. The van der Waals surface area contributed by atoms with E-state index in [4.69, 9.17) is 14.2 Å². The van der Waals surface area contributed by atoms with Gasteiger partial charge in [-0.2, -0.15) is 0 Å². The summed E-state index contributed by atoms with van der Waals surface area (Å²) in [6, 6.07) is 30.3. The quantitative estimate of drug-likeness (QED) is 0.199. The molecule has 8 nitrogen and oxygen atoms in total. The van der Waals surface area contributed by atoms with Gasteiger partial charge in [0.05, 0.1) is 18.7 Å². The first kappa shape index (κ1) is 31.6. The summed E-state index contributed by atoms with van der Waals surface area (Å²) in [5, 5.41) is 2.18. The number of rotatable bonds is 7. The van der Waals surface area contributed by atoms with Crippen LogP contribution < -0.4 is 4.74 Å². The average molecular weight is 609 g/mol. The van der Waals surface area contributed by atoms with Crippen molar-refractivity contribution < 1.29 is 28.6 Å². The van der Waals surface area contributed by atoms with Gasteiger partial charge in [0.2, 0.25) is 0 Å². The fraction of sp³-hybridized carbons (Fsp3) is 0.324. The molecule has 0 N–H and O–H groups in total. The van der Waals surface area contributed by atoms with E-state index < -0.39 is 23.8 Å². The molecule has 0 bridgehead atoms. The van der Waals surface area contributed by atoms with Crippen LogP contribution in [0.25, 0.3) is 10.8 Å². The lowest BCUT2D eigenvalue weighted by molar-refractivity contribution is 0.0137. The summed E-state index contributed by atoms with van der Waals surface area (Å²) in [6.45, 7) is 8.81. The smallest absolute Gasteiger partial charge is 0.415 e. The minimum atomic E-state index is -0.679. The van der Waals surface area contributed by atoms with Gasteiger partial charge in [-0.1, -0.05) is 72.8 Å². The molecule has 2 amide bonds. The predicted octanol–water partition coefficient (Wildman–Crippen LogP) is 7.84. The van der Waals surface area contributed by atoms with Gasteiger partial charge < -0.3 is 24.0 Å². The maximum Gasteiger partial charge on any atom is 0.415 e. The SMILES string of the molecule is COC(=O)c1ccc(OC(=O)N2C[C@H](CN(C(=O)OC(C)(C)C)[C@H](C)c3cccc4ccccc34)[C@@H](c3ccccc3)C2)cc1. The molecule has 8 heteroatoms. The van der Waals surface area contributed by atoms with Gasteiger partial charge in [0.15, 0.2) is 0 Å². The molecule has 5 rings (SSSR count). The molecular weight excluding hydrogens is 568 g/mol. The second kappa shape index (κ2) is 13.4. The zero-order chi connectivity index (χ0) is 32.1. The largest absolute Gasteiger partial charge is 0.465 e. The van der Waals surface area contributed by atoms with Gasteiger partial charge in [-0.15, -0.1) is 0 Å². The van der Waals surface area contributed by atoms with Crippen LogP contribution in [0.5, 0.6) is 5.75 Å². The third kappa shape index (κ3) is 7.45. The average Bonchev–Trinajstić information content (AvgIpc) is 3.47. The molecule has 45 heavy (non-hydrogen) atoms. The second-order valence-electron chi connectivity index (χ2n) is 12.4. The number of hydrogen-bond donors (Lipinski definition) is 0. The molecule has 1 aliphatic heterocycles. The van der Waals surface area contributed by atoms with Crippen LogP contribution in [-0.2, 0) is 9.47 Å². The van der Waals surface area contributed by atoms with Gasteiger partial charge in [0.1, 0.15) is 11.4 Å². The lowest BCUT2D eigenvalue weighted by atomic mass is 9.88. The number of carbonyl (C=O) groups is 3. The highest BCUT2D eigenvalue weighted by Gasteiger charge is 2.40. The molecule has 0 radical (unpaired) electrons. The van der Waals surface area contributed by atoms with Crippen LogP contribution in [0.3, 0.4) is 0 Å². The number of nitrogens with zero attached hydrogens (tertiary/aromatic N) is 2. The Morgan fingerprint density at radius 2 is 1.53 bits per heavy atom. The van der Waals surface area contributed by atoms with Crippen LogP contribution in [-0.4, -0.2) is 60.3 Å². The Morgan fingerprint density at radius 3 is 2.22 bits per heavy atom. The molecule has 3 atom stereocenters. The van der Waals surface area contributed by atoms with Gasteiger partial charge in [-0.05, 0) is 73.9 Å². The Hall–Kier alpha value is -4.85. The van der Waals surface area contributed by atoms with Gasteiger partial charge in [-0.25, -0.2) is 14.4 Å². The summed E-state index contributed by atoms with van der Waals surface area (Å²) in [5.41, 5.74) is 1.80. The van der Waals surface area contributed by atoms with Crippen LogP contribution in [0.2, 0.25) is 0 Å². The van der Waals surface area contributed by atoms with Gasteiger partial charge in [0, 0.05) is 31.5 Å².